The molecule has 1 fully saturated rings. The summed E-state index contributed by atoms with van der Waals surface area (Å²) in [6.45, 7) is 5.92. The highest BCUT2D eigenvalue weighted by atomic mass is 32.2. The van der Waals surface area contributed by atoms with Crippen molar-refractivity contribution in [2.45, 2.75) is 24.8 Å². The number of nitrogens with zero attached hydrogens (tertiary/aromatic N) is 4. The number of benzene rings is 2. The highest BCUT2D eigenvalue weighted by Gasteiger charge is 2.32. The van der Waals surface area contributed by atoms with Crippen LogP contribution in [0.5, 0.6) is 0 Å². The van der Waals surface area contributed by atoms with E-state index in [9.17, 15) is 13.2 Å². The number of carbonyl (C=O) groups is 1. The van der Waals surface area contributed by atoms with Crippen LogP contribution in [-0.2, 0) is 16.0 Å². The Morgan fingerprint density at radius 3 is 2.39 bits per heavy atom. The molecule has 1 aliphatic heterocycles. The van der Waals surface area contributed by atoms with Gasteiger partial charge in [-0.2, -0.15) is 17.0 Å². The third-order valence-corrected chi connectivity index (χ3v) is 8.97. The van der Waals surface area contributed by atoms with Crippen molar-refractivity contribution >= 4 is 38.9 Å². The molecule has 4 rings (SSSR count). The van der Waals surface area contributed by atoms with Crippen LogP contribution in [0.25, 0.3) is 11.0 Å². The highest BCUT2D eigenvalue weighted by molar-refractivity contribution is 7.98. The van der Waals surface area contributed by atoms with Gasteiger partial charge in [-0.3, -0.25) is 4.79 Å². The van der Waals surface area contributed by atoms with Crippen molar-refractivity contribution in [1.29, 1.82) is 0 Å². The Balaban J connectivity index is 1.42. The molecule has 0 spiro atoms. The van der Waals surface area contributed by atoms with Gasteiger partial charge in [0.15, 0.2) is 5.16 Å². The van der Waals surface area contributed by atoms with Crippen molar-refractivity contribution in [3.8, 4) is 0 Å². The van der Waals surface area contributed by atoms with Gasteiger partial charge in [-0.05, 0) is 23.8 Å². The van der Waals surface area contributed by atoms with Crippen molar-refractivity contribution in [2.75, 3.05) is 39.3 Å². The molecule has 2 aromatic carbocycles. The number of rotatable bonds is 8. The number of imidazole rings is 1. The van der Waals surface area contributed by atoms with Gasteiger partial charge in [-0.15, -0.1) is 0 Å². The lowest BCUT2D eigenvalue weighted by atomic mass is 10.1. The van der Waals surface area contributed by atoms with Crippen molar-refractivity contribution in [3.05, 3.63) is 59.7 Å². The van der Waals surface area contributed by atoms with Gasteiger partial charge in [0.05, 0.1) is 11.0 Å². The molecule has 176 valence electrons. The predicted molar refractivity (Wildman–Crippen MR) is 131 cm³/mol. The Morgan fingerprint density at radius 2 is 1.70 bits per heavy atom. The van der Waals surface area contributed by atoms with Crippen molar-refractivity contribution < 1.29 is 13.2 Å². The summed E-state index contributed by atoms with van der Waals surface area (Å²) in [4.78, 5) is 22.9. The third-order valence-electron chi connectivity index (χ3n) is 5.86. The summed E-state index contributed by atoms with van der Waals surface area (Å²) in [6, 6.07) is 15.5. The Kier molecular flexibility index (Phi) is 7.38. The first-order valence-electron chi connectivity index (χ1n) is 11.1. The van der Waals surface area contributed by atoms with E-state index in [1.807, 2.05) is 62.4 Å². The summed E-state index contributed by atoms with van der Waals surface area (Å²) >= 11 is 1.56. The van der Waals surface area contributed by atoms with E-state index in [0.717, 1.165) is 21.8 Å². The molecule has 3 aromatic rings. The minimum atomic E-state index is -3.48. The number of amides is 1. The summed E-state index contributed by atoms with van der Waals surface area (Å²) in [5, 5.41) is 0.814. The van der Waals surface area contributed by atoms with Crippen LogP contribution in [0, 0.1) is 0 Å². The molecule has 0 bridgehead atoms. The number of H-pyrrole nitrogens is 1. The standard InChI is InChI=1S/C23H29N5O3S2/c1-3-27(4-2)33(30,31)28-15-13-26(14-16-28)22(29)19-10-6-5-9-18(19)17-32-23-24-20-11-7-8-12-21(20)25-23/h5-12H,3-4,13-17H2,1-2H3,(H,24,25). The largest absolute Gasteiger partial charge is 0.336 e. The number of carbonyl (C=O) groups excluding carboxylic acids is 1. The maximum Gasteiger partial charge on any atom is 0.282 e. The van der Waals surface area contributed by atoms with E-state index >= 15 is 0 Å². The Hall–Kier alpha value is -2.40. The summed E-state index contributed by atoms with van der Waals surface area (Å²) < 4.78 is 28.5. The van der Waals surface area contributed by atoms with Crippen LogP contribution >= 0.6 is 11.8 Å². The molecule has 1 aromatic heterocycles. The number of para-hydroxylation sites is 2. The number of thioether (sulfide) groups is 1. The Morgan fingerprint density at radius 1 is 1.03 bits per heavy atom. The minimum absolute atomic E-state index is 0.0595. The Bertz CT molecular complexity index is 1180. The molecule has 0 saturated carbocycles. The zero-order valence-electron chi connectivity index (χ0n) is 18.9. The lowest BCUT2D eigenvalue weighted by Crippen LogP contribution is -2.54. The maximum atomic E-state index is 13.3. The van der Waals surface area contributed by atoms with Crippen LogP contribution in [0.1, 0.15) is 29.8 Å². The lowest BCUT2D eigenvalue weighted by Gasteiger charge is -2.36. The molecule has 1 aliphatic rings. The average Bonchev–Trinajstić information content (AvgIpc) is 3.26. The van der Waals surface area contributed by atoms with E-state index in [2.05, 4.69) is 9.97 Å². The van der Waals surface area contributed by atoms with Gasteiger partial charge < -0.3 is 9.88 Å². The third kappa shape index (κ3) is 5.08. The number of aromatic amines is 1. The summed E-state index contributed by atoms with van der Waals surface area (Å²) in [7, 11) is -3.48. The molecule has 0 atom stereocenters. The van der Waals surface area contributed by atoms with Crippen LogP contribution < -0.4 is 0 Å². The molecular formula is C23H29N5O3S2. The molecule has 33 heavy (non-hydrogen) atoms. The molecule has 10 heteroatoms. The Labute approximate surface area is 199 Å². The molecule has 0 unspecified atom stereocenters. The van der Waals surface area contributed by atoms with Crippen LogP contribution in [0.4, 0.5) is 0 Å². The molecule has 2 heterocycles. The minimum Gasteiger partial charge on any atom is -0.336 e. The number of piperazine rings is 1. The average molecular weight is 488 g/mol. The smallest absolute Gasteiger partial charge is 0.282 e. The van der Waals surface area contributed by atoms with Crippen molar-refractivity contribution in [1.82, 2.24) is 23.5 Å². The first-order valence-corrected chi connectivity index (χ1v) is 13.5. The fraction of sp³-hybridized carbons (Fsp3) is 0.391. The van der Waals surface area contributed by atoms with E-state index in [4.69, 9.17) is 0 Å². The number of fused-ring (bicyclic) bond motifs is 1. The second-order valence-corrected chi connectivity index (χ2v) is 10.7. The topological polar surface area (TPSA) is 89.6 Å². The predicted octanol–water partition coefficient (Wildman–Crippen LogP) is 3.20. The quantitative estimate of drug-likeness (QED) is 0.493. The summed E-state index contributed by atoms with van der Waals surface area (Å²) in [5.74, 6) is 0.550. The normalized spacial score (nSPS) is 15.4. The van der Waals surface area contributed by atoms with Gasteiger partial charge in [-0.25, -0.2) is 4.98 Å². The molecular weight excluding hydrogens is 458 g/mol. The second-order valence-electron chi connectivity index (χ2n) is 7.79. The fourth-order valence-corrected chi connectivity index (χ4v) is 6.50. The number of nitrogens with one attached hydrogen (secondary N) is 1. The second kappa shape index (κ2) is 10.3. The molecule has 0 radical (unpaired) electrons. The fourth-order valence-electron chi connectivity index (χ4n) is 4.00. The molecule has 1 N–H and O–H groups in total. The molecule has 8 nitrogen and oxygen atoms in total. The van der Waals surface area contributed by atoms with Gasteiger partial charge in [0.1, 0.15) is 0 Å². The SMILES string of the molecule is CCN(CC)S(=O)(=O)N1CCN(C(=O)c2ccccc2CSc2nc3ccccc3[nH]2)CC1. The van der Waals surface area contributed by atoms with Crippen LogP contribution in [0.2, 0.25) is 0 Å². The van der Waals surface area contributed by atoms with Crippen LogP contribution in [-0.4, -0.2) is 77.1 Å². The van der Waals surface area contributed by atoms with E-state index in [0.29, 0.717) is 50.6 Å². The van der Waals surface area contributed by atoms with Crippen molar-refractivity contribution in [2.24, 2.45) is 0 Å². The van der Waals surface area contributed by atoms with Gasteiger partial charge in [0.25, 0.3) is 16.1 Å². The van der Waals surface area contributed by atoms with Gasteiger partial charge >= 0.3 is 0 Å². The van der Waals surface area contributed by atoms with E-state index in [1.54, 1.807) is 16.7 Å². The van der Waals surface area contributed by atoms with E-state index in [-0.39, 0.29) is 5.91 Å². The summed E-state index contributed by atoms with van der Waals surface area (Å²) in [6.07, 6.45) is 0. The number of hydrogen-bond donors (Lipinski definition) is 1. The van der Waals surface area contributed by atoms with Gasteiger partial charge in [-0.1, -0.05) is 55.9 Å². The van der Waals surface area contributed by atoms with Gasteiger partial charge in [0, 0.05) is 50.6 Å². The zero-order chi connectivity index (χ0) is 23.4. The lowest BCUT2D eigenvalue weighted by molar-refractivity contribution is 0.0693. The molecule has 1 saturated heterocycles. The van der Waals surface area contributed by atoms with Crippen LogP contribution in [0.3, 0.4) is 0 Å². The van der Waals surface area contributed by atoms with E-state index in [1.165, 1.54) is 8.61 Å². The number of hydrogen-bond acceptors (Lipinski definition) is 5. The first-order chi connectivity index (χ1) is 15.9. The van der Waals surface area contributed by atoms with E-state index < -0.39 is 10.2 Å². The molecule has 1 amide bonds. The number of aromatic nitrogens is 2. The van der Waals surface area contributed by atoms with Crippen LogP contribution in [0.15, 0.2) is 53.7 Å². The van der Waals surface area contributed by atoms with Crippen molar-refractivity contribution in [3.63, 3.8) is 0 Å². The summed E-state index contributed by atoms with van der Waals surface area (Å²) in [5.41, 5.74) is 3.50. The monoisotopic (exact) mass is 487 g/mol. The highest BCUT2D eigenvalue weighted by Crippen LogP contribution is 2.25. The first kappa shape index (κ1) is 23.7. The van der Waals surface area contributed by atoms with Gasteiger partial charge in [0.2, 0.25) is 0 Å². The maximum absolute atomic E-state index is 13.3. The zero-order valence-corrected chi connectivity index (χ0v) is 20.5. The molecule has 0 aliphatic carbocycles.